The predicted octanol–water partition coefficient (Wildman–Crippen LogP) is 13.0. The second-order valence-electron chi connectivity index (χ2n) is 14.8. The van der Waals surface area contributed by atoms with Crippen LogP contribution >= 0.6 is 0 Å². The number of rotatable bonds is 2. The van der Waals surface area contributed by atoms with E-state index in [1.807, 2.05) is 0 Å². The van der Waals surface area contributed by atoms with Crippen molar-refractivity contribution in [3.63, 3.8) is 0 Å². The summed E-state index contributed by atoms with van der Waals surface area (Å²) in [7, 11) is 0. The SMILES string of the molecule is CC1CCC2(C)C(C1)c1cc(-c3ccc4c5cc6c(cc5c5cccc3c54)c3cccc4cccc6c43)ccc1N2c1ccccc1. The number of hydrogen-bond donors (Lipinski definition) is 0. The standard InChI is InChI=1S/C46H35N/c1-27-21-22-46(2)42(23-27)41-24-29(17-20-43(41)47(46)30-11-4-3-5-12-30)31-18-19-36-40-26-38-34-14-7-10-28-9-6-13-33(44(28)34)37(38)25-39(40)35-16-8-15-32(31)45(35)36/h3-20,24-27,42H,21-23H2,1-2H3. The molecule has 0 aromatic heterocycles. The molecular weight excluding hydrogens is 567 g/mol. The van der Waals surface area contributed by atoms with E-state index in [2.05, 4.69) is 146 Å². The second kappa shape index (κ2) is 9.02. The molecule has 0 amide bonds. The molecule has 9 aromatic rings. The number of para-hydroxylation sites is 1. The van der Waals surface area contributed by atoms with Crippen LogP contribution in [0.3, 0.4) is 0 Å². The Morgan fingerprint density at radius 3 is 1.94 bits per heavy atom. The molecule has 47 heavy (non-hydrogen) atoms. The molecule has 1 aliphatic heterocycles. The van der Waals surface area contributed by atoms with Gasteiger partial charge in [-0.15, -0.1) is 0 Å². The minimum absolute atomic E-state index is 0.0990. The van der Waals surface area contributed by atoms with Crippen molar-refractivity contribution in [1.82, 2.24) is 0 Å². The van der Waals surface area contributed by atoms with Crippen LogP contribution in [-0.4, -0.2) is 5.54 Å². The molecule has 1 nitrogen and oxygen atoms in total. The first-order valence-corrected chi connectivity index (χ1v) is 17.3. The molecule has 0 radical (unpaired) electrons. The van der Waals surface area contributed by atoms with Gasteiger partial charge in [-0.05, 0) is 150 Å². The molecule has 0 spiro atoms. The highest BCUT2D eigenvalue weighted by Gasteiger charge is 2.51. The molecule has 1 aliphatic carbocycles. The van der Waals surface area contributed by atoms with Gasteiger partial charge in [0.15, 0.2) is 0 Å². The molecule has 1 saturated carbocycles. The van der Waals surface area contributed by atoms with Crippen LogP contribution in [0.5, 0.6) is 0 Å². The summed E-state index contributed by atoms with van der Waals surface area (Å²) in [6.45, 7) is 4.96. The monoisotopic (exact) mass is 601 g/mol. The minimum atomic E-state index is 0.0990. The lowest BCUT2D eigenvalue weighted by atomic mass is 9.69. The predicted molar refractivity (Wildman–Crippen MR) is 202 cm³/mol. The van der Waals surface area contributed by atoms with Gasteiger partial charge in [0.2, 0.25) is 0 Å². The molecule has 3 unspecified atom stereocenters. The summed E-state index contributed by atoms with van der Waals surface area (Å²) in [5.41, 5.74) is 7.01. The van der Waals surface area contributed by atoms with Gasteiger partial charge in [0.05, 0.1) is 0 Å². The summed E-state index contributed by atoms with van der Waals surface area (Å²) in [6.07, 6.45) is 3.76. The number of benzene rings is 7. The highest BCUT2D eigenvalue weighted by atomic mass is 15.2. The maximum absolute atomic E-state index is 2.67. The molecule has 0 N–H and O–H groups in total. The Morgan fingerprint density at radius 2 is 1.21 bits per heavy atom. The second-order valence-corrected chi connectivity index (χ2v) is 14.8. The van der Waals surface area contributed by atoms with Gasteiger partial charge in [-0.1, -0.05) is 97.9 Å². The largest absolute Gasteiger partial charge is 0.335 e. The average Bonchev–Trinajstić information content (AvgIpc) is 3.69. The minimum Gasteiger partial charge on any atom is -0.335 e. The smallest absolute Gasteiger partial charge is 0.0492 e. The van der Waals surface area contributed by atoms with Crippen LogP contribution in [0.1, 0.15) is 44.6 Å². The van der Waals surface area contributed by atoms with Gasteiger partial charge in [0.1, 0.15) is 0 Å². The summed E-state index contributed by atoms with van der Waals surface area (Å²) in [5.74, 6) is 1.27. The zero-order chi connectivity index (χ0) is 31.0. The fourth-order valence-electron chi connectivity index (χ4n) is 10.1. The Kier molecular flexibility index (Phi) is 4.98. The van der Waals surface area contributed by atoms with Crippen LogP contribution < -0.4 is 4.90 Å². The zero-order valence-corrected chi connectivity index (χ0v) is 26.8. The fourth-order valence-corrected chi connectivity index (χ4v) is 10.1. The quantitative estimate of drug-likeness (QED) is 0.190. The number of anilines is 2. The van der Waals surface area contributed by atoms with Crippen LogP contribution in [0.25, 0.3) is 75.8 Å². The van der Waals surface area contributed by atoms with Crippen molar-refractivity contribution >= 4 is 76.0 Å². The Balaban J connectivity index is 1.13. The molecule has 1 heterocycles. The van der Waals surface area contributed by atoms with Crippen molar-refractivity contribution < 1.29 is 0 Å². The van der Waals surface area contributed by atoms with E-state index in [-0.39, 0.29) is 5.54 Å². The molecule has 9 aromatic carbocycles. The van der Waals surface area contributed by atoms with Gasteiger partial charge in [0, 0.05) is 22.8 Å². The maximum Gasteiger partial charge on any atom is 0.0492 e. The summed E-state index contributed by atoms with van der Waals surface area (Å²) in [4.78, 5) is 2.67. The van der Waals surface area contributed by atoms with Gasteiger partial charge in [0.25, 0.3) is 0 Å². The Bertz CT molecular complexity index is 2620. The van der Waals surface area contributed by atoms with E-state index < -0.39 is 0 Å². The zero-order valence-electron chi connectivity index (χ0n) is 26.8. The summed E-state index contributed by atoms with van der Waals surface area (Å²) in [6, 6.07) is 48.7. The van der Waals surface area contributed by atoms with Crippen LogP contribution in [0.15, 0.2) is 127 Å². The summed E-state index contributed by atoms with van der Waals surface area (Å²) >= 11 is 0. The molecular formula is C46H35N. The van der Waals surface area contributed by atoms with Crippen molar-refractivity contribution in [1.29, 1.82) is 0 Å². The van der Waals surface area contributed by atoms with E-state index in [0.29, 0.717) is 5.92 Å². The number of nitrogens with zero attached hydrogens (tertiary/aromatic N) is 1. The third kappa shape index (κ3) is 3.29. The third-order valence-electron chi connectivity index (χ3n) is 12.3. The molecule has 2 aliphatic rings. The van der Waals surface area contributed by atoms with Crippen LogP contribution in [-0.2, 0) is 0 Å². The van der Waals surface area contributed by atoms with E-state index in [0.717, 1.165) is 5.92 Å². The highest BCUT2D eigenvalue weighted by molar-refractivity contribution is 6.38. The normalized spacial score (nSPS) is 21.2. The first-order chi connectivity index (χ1) is 23.1. The van der Waals surface area contributed by atoms with Gasteiger partial charge in [-0.3, -0.25) is 0 Å². The number of fused-ring (bicyclic) bond motifs is 9. The first-order valence-electron chi connectivity index (χ1n) is 17.3. The topological polar surface area (TPSA) is 3.24 Å². The van der Waals surface area contributed by atoms with Crippen LogP contribution in [0.2, 0.25) is 0 Å². The fraction of sp³-hybridized carbons (Fsp3) is 0.174. The molecule has 1 heteroatoms. The van der Waals surface area contributed by atoms with E-state index >= 15 is 0 Å². The third-order valence-corrected chi connectivity index (χ3v) is 12.3. The lowest BCUT2D eigenvalue weighted by Gasteiger charge is -2.45. The Labute approximate surface area is 274 Å². The van der Waals surface area contributed by atoms with Crippen molar-refractivity contribution in [2.45, 2.75) is 44.6 Å². The number of hydrogen-bond acceptors (Lipinski definition) is 1. The van der Waals surface area contributed by atoms with Crippen molar-refractivity contribution in [2.24, 2.45) is 5.92 Å². The Hall–Kier alpha value is -5.14. The summed E-state index contributed by atoms with van der Waals surface area (Å²) < 4.78 is 0. The maximum atomic E-state index is 2.67. The van der Waals surface area contributed by atoms with E-state index in [9.17, 15) is 0 Å². The van der Waals surface area contributed by atoms with E-state index in [4.69, 9.17) is 0 Å². The molecule has 3 atom stereocenters. The molecule has 11 rings (SSSR count). The highest BCUT2D eigenvalue weighted by Crippen LogP contribution is 2.59. The molecule has 0 bridgehead atoms. The lowest BCUT2D eigenvalue weighted by Crippen LogP contribution is -2.46. The van der Waals surface area contributed by atoms with E-state index in [1.54, 1.807) is 0 Å². The van der Waals surface area contributed by atoms with Crippen molar-refractivity contribution in [3.05, 3.63) is 133 Å². The summed E-state index contributed by atoms with van der Waals surface area (Å²) in [5, 5.41) is 16.4. The van der Waals surface area contributed by atoms with Gasteiger partial charge in [-0.2, -0.15) is 0 Å². The average molecular weight is 602 g/mol. The first kappa shape index (κ1) is 26.0. The Morgan fingerprint density at radius 1 is 0.574 bits per heavy atom. The van der Waals surface area contributed by atoms with Crippen molar-refractivity contribution in [2.75, 3.05) is 4.90 Å². The van der Waals surface area contributed by atoms with Crippen LogP contribution in [0.4, 0.5) is 11.4 Å². The molecule has 224 valence electrons. The van der Waals surface area contributed by atoms with Gasteiger partial charge in [-0.25, -0.2) is 0 Å². The van der Waals surface area contributed by atoms with E-state index in [1.165, 1.54) is 112 Å². The van der Waals surface area contributed by atoms with Gasteiger partial charge < -0.3 is 4.90 Å². The van der Waals surface area contributed by atoms with Crippen LogP contribution in [0, 0.1) is 5.92 Å². The molecule has 0 saturated heterocycles. The van der Waals surface area contributed by atoms with Crippen molar-refractivity contribution in [3.8, 4) is 11.1 Å². The molecule has 1 fully saturated rings. The lowest BCUT2D eigenvalue weighted by molar-refractivity contribution is 0.237. The van der Waals surface area contributed by atoms with Gasteiger partial charge >= 0.3 is 0 Å².